The Morgan fingerprint density at radius 1 is 1.03 bits per heavy atom. The predicted octanol–water partition coefficient (Wildman–Crippen LogP) is 3.64. The smallest absolute Gasteiger partial charge is 0.253 e. The lowest BCUT2D eigenvalue weighted by Gasteiger charge is -2.17. The lowest BCUT2D eigenvalue weighted by atomic mass is 10.1. The van der Waals surface area contributed by atoms with Gasteiger partial charge in [-0.05, 0) is 42.8 Å². The number of aryl methyl sites for hydroxylation is 1. The van der Waals surface area contributed by atoms with Gasteiger partial charge in [-0.15, -0.1) is 0 Å². The Morgan fingerprint density at radius 2 is 1.91 bits per heavy atom. The molecule has 0 aliphatic carbocycles. The molecule has 0 radical (unpaired) electrons. The Bertz CT molecular complexity index is 1290. The summed E-state index contributed by atoms with van der Waals surface area (Å²) in [6, 6.07) is 17.4. The molecule has 5 rings (SSSR count). The highest BCUT2D eigenvalue weighted by Gasteiger charge is 2.30. The van der Waals surface area contributed by atoms with Crippen LogP contribution in [-0.4, -0.2) is 43.2 Å². The van der Waals surface area contributed by atoms with E-state index in [1.165, 1.54) is 0 Å². The summed E-state index contributed by atoms with van der Waals surface area (Å²) < 4.78 is 3.81. The molecule has 1 unspecified atom stereocenters. The quantitative estimate of drug-likeness (QED) is 0.475. The van der Waals surface area contributed by atoms with Gasteiger partial charge in [-0.1, -0.05) is 30.0 Å². The normalized spacial score (nSPS) is 15.4. The number of rotatable bonds is 3. The van der Waals surface area contributed by atoms with Gasteiger partial charge in [-0.3, -0.25) is 4.79 Å². The average molecular weight is 422 g/mol. The van der Waals surface area contributed by atoms with E-state index in [0.29, 0.717) is 12.1 Å². The van der Waals surface area contributed by atoms with Gasteiger partial charge in [0.2, 0.25) is 0 Å². The molecule has 2 aromatic heterocycles. The number of amides is 1. The molecule has 0 N–H and O–H groups in total. The van der Waals surface area contributed by atoms with Gasteiger partial charge in [0.1, 0.15) is 5.82 Å². The molecule has 32 heavy (non-hydrogen) atoms. The zero-order chi connectivity index (χ0) is 21.9. The highest BCUT2D eigenvalue weighted by Crippen LogP contribution is 2.27. The van der Waals surface area contributed by atoms with Crippen molar-refractivity contribution in [2.75, 3.05) is 13.1 Å². The molecule has 1 atom stereocenters. The van der Waals surface area contributed by atoms with Crippen molar-refractivity contribution in [3.05, 3.63) is 102 Å². The summed E-state index contributed by atoms with van der Waals surface area (Å²) in [6.45, 7) is 1.40. The van der Waals surface area contributed by atoms with Crippen LogP contribution in [0.2, 0.25) is 0 Å². The highest BCUT2D eigenvalue weighted by atomic mass is 16.2. The molecule has 0 bridgehead atoms. The number of nitrogens with zero attached hydrogens (tertiary/aromatic N) is 5. The third-order valence-corrected chi connectivity index (χ3v) is 5.81. The highest BCUT2D eigenvalue weighted by molar-refractivity contribution is 5.95. The van der Waals surface area contributed by atoms with Crippen molar-refractivity contribution in [3.63, 3.8) is 0 Å². The van der Waals surface area contributed by atoms with Gasteiger partial charge in [-0.25, -0.2) is 9.67 Å². The monoisotopic (exact) mass is 421 g/mol. The maximum absolute atomic E-state index is 13.3. The average Bonchev–Trinajstić information content (AvgIpc) is 3.59. The fourth-order valence-electron chi connectivity index (χ4n) is 4.15. The third kappa shape index (κ3) is 3.93. The molecule has 3 heterocycles. The number of likely N-dealkylation sites (tertiary alicyclic amines) is 1. The molecular weight excluding hydrogens is 398 g/mol. The van der Waals surface area contributed by atoms with E-state index in [1.54, 1.807) is 10.9 Å². The van der Waals surface area contributed by atoms with Crippen LogP contribution in [0.5, 0.6) is 0 Å². The number of carbonyl (C=O) groups is 1. The van der Waals surface area contributed by atoms with Crippen LogP contribution < -0.4 is 0 Å². The fraction of sp³-hybridized carbons (Fsp3) is 0.192. The van der Waals surface area contributed by atoms with Crippen LogP contribution in [0, 0.1) is 11.8 Å². The van der Waals surface area contributed by atoms with Gasteiger partial charge >= 0.3 is 0 Å². The van der Waals surface area contributed by atoms with Gasteiger partial charge in [0.15, 0.2) is 0 Å². The van der Waals surface area contributed by atoms with Gasteiger partial charge in [0.05, 0.1) is 11.3 Å². The number of benzene rings is 2. The molecule has 158 valence electrons. The van der Waals surface area contributed by atoms with Crippen LogP contribution in [0.4, 0.5) is 0 Å². The molecule has 1 aliphatic rings. The lowest BCUT2D eigenvalue weighted by Crippen LogP contribution is -2.28. The maximum Gasteiger partial charge on any atom is 0.253 e. The molecule has 6 heteroatoms. The Balaban J connectivity index is 1.44. The van der Waals surface area contributed by atoms with Crippen LogP contribution in [-0.2, 0) is 7.05 Å². The van der Waals surface area contributed by atoms with Crippen molar-refractivity contribution in [3.8, 4) is 17.5 Å². The molecule has 0 spiro atoms. The van der Waals surface area contributed by atoms with Crippen molar-refractivity contribution in [1.82, 2.24) is 24.2 Å². The number of hydrogen-bond acceptors (Lipinski definition) is 3. The molecule has 1 saturated heterocycles. The zero-order valence-corrected chi connectivity index (χ0v) is 17.8. The van der Waals surface area contributed by atoms with Crippen molar-refractivity contribution in [1.29, 1.82) is 0 Å². The first-order valence-electron chi connectivity index (χ1n) is 10.7. The third-order valence-electron chi connectivity index (χ3n) is 5.81. The van der Waals surface area contributed by atoms with Crippen molar-refractivity contribution < 1.29 is 4.79 Å². The van der Waals surface area contributed by atoms with Crippen LogP contribution >= 0.6 is 0 Å². The van der Waals surface area contributed by atoms with Crippen molar-refractivity contribution >= 4 is 5.91 Å². The minimum atomic E-state index is 0.0245. The van der Waals surface area contributed by atoms with E-state index in [4.69, 9.17) is 0 Å². The van der Waals surface area contributed by atoms with Gasteiger partial charge < -0.3 is 9.47 Å². The minimum absolute atomic E-state index is 0.0245. The molecule has 6 nitrogen and oxygen atoms in total. The first kappa shape index (κ1) is 19.8. The van der Waals surface area contributed by atoms with E-state index in [0.717, 1.165) is 35.6 Å². The zero-order valence-electron chi connectivity index (χ0n) is 17.8. The molecule has 2 aromatic carbocycles. The first-order chi connectivity index (χ1) is 15.7. The second kappa shape index (κ2) is 8.56. The van der Waals surface area contributed by atoms with E-state index < -0.39 is 0 Å². The maximum atomic E-state index is 13.3. The number of carbonyl (C=O) groups excluding carboxylic acids is 1. The second-order valence-electron chi connectivity index (χ2n) is 7.93. The summed E-state index contributed by atoms with van der Waals surface area (Å²) in [5.74, 6) is 7.77. The van der Waals surface area contributed by atoms with E-state index >= 15 is 0 Å². The summed E-state index contributed by atoms with van der Waals surface area (Å²) in [4.78, 5) is 19.7. The predicted molar refractivity (Wildman–Crippen MR) is 122 cm³/mol. The summed E-state index contributed by atoms with van der Waals surface area (Å²) in [7, 11) is 2.00. The Kier molecular flexibility index (Phi) is 5.30. The van der Waals surface area contributed by atoms with Crippen molar-refractivity contribution in [2.24, 2.45) is 7.05 Å². The number of hydrogen-bond donors (Lipinski definition) is 0. The van der Waals surface area contributed by atoms with Crippen molar-refractivity contribution in [2.45, 2.75) is 12.3 Å². The summed E-state index contributed by atoms with van der Waals surface area (Å²) >= 11 is 0. The molecular formula is C26H23N5O. The molecule has 1 fully saturated rings. The summed E-state index contributed by atoms with van der Waals surface area (Å²) in [5.41, 5.74) is 3.18. The van der Waals surface area contributed by atoms with E-state index in [2.05, 4.69) is 21.9 Å². The fourth-order valence-corrected chi connectivity index (χ4v) is 4.15. The molecule has 4 aromatic rings. The van der Waals surface area contributed by atoms with Crippen LogP contribution in [0.25, 0.3) is 5.69 Å². The summed E-state index contributed by atoms with van der Waals surface area (Å²) in [6.07, 6.45) is 8.29. The number of imidazole rings is 1. The van der Waals surface area contributed by atoms with Gasteiger partial charge in [0, 0.05) is 62.0 Å². The minimum Gasteiger partial charge on any atom is -0.338 e. The van der Waals surface area contributed by atoms with Crippen LogP contribution in [0.1, 0.15) is 39.6 Å². The number of aromatic nitrogens is 4. The SMILES string of the molecule is Cn1ccnc1C1CCN(C(=O)c2ccc(-n3cccn3)c(C#Cc3ccccc3)c2)C1. The largest absolute Gasteiger partial charge is 0.338 e. The summed E-state index contributed by atoms with van der Waals surface area (Å²) in [5, 5.41) is 4.35. The van der Waals surface area contributed by atoms with Crippen LogP contribution in [0.3, 0.4) is 0 Å². The van der Waals surface area contributed by atoms with Crippen LogP contribution in [0.15, 0.2) is 79.4 Å². The first-order valence-corrected chi connectivity index (χ1v) is 10.7. The molecule has 1 aliphatic heterocycles. The molecule has 1 amide bonds. The van der Waals surface area contributed by atoms with E-state index in [1.807, 2.05) is 89.7 Å². The molecule has 0 saturated carbocycles. The second-order valence-corrected chi connectivity index (χ2v) is 7.93. The standard InChI is InChI=1S/C26H23N5O/c1-29-17-14-27-25(29)23-12-16-30(19-23)26(32)22-10-11-24(31-15-5-13-28-31)21(18-22)9-8-20-6-3-2-4-7-20/h2-7,10-11,13-15,17-18,23H,12,16,19H2,1H3. The Morgan fingerprint density at radius 3 is 2.66 bits per heavy atom. The lowest BCUT2D eigenvalue weighted by molar-refractivity contribution is 0.0790. The van der Waals surface area contributed by atoms with Gasteiger partial charge in [0.25, 0.3) is 5.91 Å². The topological polar surface area (TPSA) is 56.0 Å². The Hall–Kier alpha value is -4.11. The van der Waals surface area contributed by atoms with Gasteiger partial charge in [-0.2, -0.15) is 5.10 Å². The van der Waals surface area contributed by atoms with E-state index in [9.17, 15) is 4.79 Å². The van der Waals surface area contributed by atoms with E-state index in [-0.39, 0.29) is 11.8 Å². The Labute approximate surface area is 187 Å².